The summed E-state index contributed by atoms with van der Waals surface area (Å²) >= 11 is 12.2. The maximum Gasteiger partial charge on any atom is 0.0661 e. The van der Waals surface area contributed by atoms with Crippen LogP contribution in [-0.4, -0.2) is 20.3 Å². The predicted octanol–water partition coefficient (Wildman–Crippen LogP) is 2.83. The van der Waals surface area contributed by atoms with Gasteiger partial charge in [0.2, 0.25) is 0 Å². The van der Waals surface area contributed by atoms with Gasteiger partial charge in [0.05, 0.1) is 19.3 Å². The van der Waals surface area contributed by atoms with E-state index >= 15 is 0 Å². The Morgan fingerprint density at radius 3 is 2.93 bits per heavy atom. The molecular formula is C11H13Cl2NO. The number of benzene rings is 1. The molecule has 0 radical (unpaired) electrons. The summed E-state index contributed by atoms with van der Waals surface area (Å²) in [6, 6.07) is 3.94. The number of halogens is 2. The van der Waals surface area contributed by atoms with Gasteiger partial charge in [-0.05, 0) is 36.7 Å². The van der Waals surface area contributed by atoms with Crippen molar-refractivity contribution in [3.05, 3.63) is 33.3 Å². The van der Waals surface area contributed by atoms with E-state index in [9.17, 15) is 0 Å². The van der Waals surface area contributed by atoms with Crippen LogP contribution in [0, 0.1) is 0 Å². The first-order valence-corrected chi connectivity index (χ1v) is 5.71. The van der Waals surface area contributed by atoms with Crippen molar-refractivity contribution in [2.75, 3.05) is 20.3 Å². The fraction of sp³-hybridized carbons (Fsp3) is 0.455. The van der Waals surface area contributed by atoms with Crippen molar-refractivity contribution in [2.45, 2.75) is 12.5 Å². The third-order valence-corrected chi connectivity index (χ3v) is 3.25. The minimum atomic E-state index is 0.179. The highest BCUT2D eigenvalue weighted by molar-refractivity contribution is 6.35. The lowest BCUT2D eigenvalue weighted by atomic mass is 9.99. The summed E-state index contributed by atoms with van der Waals surface area (Å²) < 4.78 is 5.51. The Kier molecular flexibility index (Phi) is 3.52. The van der Waals surface area contributed by atoms with E-state index in [-0.39, 0.29) is 6.04 Å². The van der Waals surface area contributed by atoms with E-state index in [2.05, 4.69) is 5.32 Å². The average molecular weight is 246 g/mol. The normalized spacial score (nSPS) is 20.9. The summed E-state index contributed by atoms with van der Waals surface area (Å²) in [5.74, 6) is 0. The van der Waals surface area contributed by atoms with Gasteiger partial charge >= 0.3 is 0 Å². The van der Waals surface area contributed by atoms with Crippen molar-refractivity contribution in [3.8, 4) is 0 Å². The molecule has 1 unspecified atom stereocenters. The molecule has 1 aliphatic heterocycles. The van der Waals surface area contributed by atoms with Crippen LogP contribution in [0.3, 0.4) is 0 Å². The van der Waals surface area contributed by atoms with E-state index in [4.69, 9.17) is 27.9 Å². The van der Waals surface area contributed by atoms with E-state index in [1.54, 1.807) is 6.07 Å². The van der Waals surface area contributed by atoms with Crippen LogP contribution in [0.15, 0.2) is 12.1 Å². The van der Waals surface area contributed by atoms with Crippen LogP contribution in [0.1, 0.15) is 17.2 Å². The van der Waals surface area contributed by atoms with Crippen LogP contribution in [0.2, 0.25) is 10.0 Å². The fourth-order valence-corrected chi connectivity index (χ4v) is 2.51. The molecular weight excluding hydrogens is 233 g/mol. The monoisotopic (exact) mass is 245 g/mol. The van der Waals surface area contributed by atoms with E-state index in [0.29, 0.717) is 18.2 Å². The summed E-state index contributed by atoms with van der Waals surface area (Å²) in [5, 5.41) is 4.63. The first-order chi connectivity index (χ1) is 7.22. The summed E-state index contributed by atoms with van der Waals surface area (Å²) in [4.78, 5) is 0. The lowest BCUT2D eigenvalue weighted by molar-refractivity contribution is 0.123. The number of fused-ring (bicyclic) bond motifs is 1. The summed E-state index contributed by atoms with van der Waals surface area (Å²) in [6.45, 7) is 1.38. The van der Waals surface area contributed by atoms with Crippen molar-refractivity contribution < 1.29 is 4.74 Å². The molecule has 1 N–H and O–H groups in total. The van der Waals surface area contributed by atoms with Crippen LogP contribution in [0.5, 0.6) is 0 Å². The molecule has 82 valence electrons. The van der Waals surface area contributed by atoms with Gasteiger partial charge in [0.25, 0.3) is 0 Å². The van der Waals surface area contributed by atoms with Crippen molar-refractivity contribution in [2.24, 2.45) is 0 Å². The van der Waals surface area contributed by atoms with Gasteiger partial charge in [0.1, 0.15) is 0 Å². The summed E-state index contributed by atoms with van der Waals surface area (Å²) in [5.41, 5.74) is 2.31. The summed E-state index contributed by atoms with van der Waals surface area (Å²) in [6.07, 6.45) is 0.851. The standard InChI is InChI=1S/C11H13Cl2NO/c1-14-11-6-15-3-2-8-9(11)4-7(12)5-10(8)13/h4-5,11,14H,2-3,6H2,1H3. The highest BCUT2D eigenvalue weighted by Crippen LogP contribution is 2.31. The molecule has 0 bridgehead atoms. The number of ether oxygens (including phenoxy) is 1. The molecule has 1 atom stereocenters. The minimum absolute atomic E-state index is 0.179. The lowest BCUT2D eigenvalue weighted by Gasteiger charge is -2.17. The Hall–Kier alpha value is -0.280. The topological polar surface area (TPSA) is 21.3 Å². The lowest BCUT2D eigenvalue weighted by Crippen LogP contribution is -2.21. The van der Waals surface area contributed by atoms with Gasteiger partial charge in [-0.3, -0.25) is 0 Å². The van der Waals surface area contributed by atoms with Gasteiger partial charge in [-0.25, -0.2) is 0 Å². The zero-order valence-electron chi connectivity index (χ0n) is 8.52. The Bertz CT molecular complexity index is 368. The molecule has 2 nitrogen and oxygen atoms in total. The van der Waals surface area contributed by atoms with Crippen molar-refractivity contribution >= 4 is 23.2 Å². The third kappa shape index (κ3) is 2.28. The third-order valence-electron chi connectivity index (χ3n) is 2.70. The van der Waals surface area contributed by atoms with Crippen LogP contribution in [0.25, 0.3) is 0 Å². The van der Waals surface area contributed by atoms with E-state index < -0.39 is 0 Å². The highest BCUT2D eigenvalue weighted by atomic mass is 35.5. The molecule has 0 fully saturated rings. The number of likely N-dealkylation sites (N-methyl/N-ethyl adjacent to an activating group) is 1. The molecule has 0 aliphatic carbocycles. The molecule has 1 heterocycles. The largest absolute Gasteiger partial charge is 0.379 e. The molecule has 0 amide bonds. The maximum absolute atomic E-state index is 6.17. The smallest absolute Gasteiger partial charge is 0.0661 e. The Morgan fingerprint density at radius 2 is 2.20 bits per heavy atom. The van der Waals surface area contributed by atoms with Crippen LogP contribution < -0.4 is 5.32 Å². The zero-order chi connectivity index (χ0) is 10.8. The molecule has 0 spiro atoms. The van der Waals surface area contributed by atoms with E-state index in [1.807, 2.05) is 13.1 Å². The molecule has 0 saturated heterocycles. The number of hydrogen-bond acceptors (Lipinski definition) is 2. The Labute approximate surface area is 99.5 Å². The van der Waals surface area contributed by atoms with E-state index in [1.165, 1.54) is 0 Å². The summed E-state index contributed by atoms with van der Waals surface area (Å²) in [7, 11) is 1.91. The minimum Gasteiger partial charge on any atom is -0.379 e. The second-order valence-electron chi connectivity index (χ2n) is 3.62. The predicted molar refractivity (Wildman–Crippen MR) is 62.8 cm³/mol. The zero-order valence-corrected chi connectivity index (χ0v) is 10.0. The Morgan fingerprint density at radius 1 is 1.40 bits per heavy atom. The van der Waals surface area contributed by atoms with Gasteiger partial charge in [0, 0.05) is 10.0 Å². The van der Waals surface area contributed by atoms with Crippen LogP contribution in [0.4, 0.5) is 0 Å². The Balaban J connectivity index is 2.50. The van der Waals surface area contributed by atoms with Crippen molar-refractivity contribution in [1.29, 1.82) is 0 Å². The van der Waals surface area contributed by atoms with Crippen LogP contribution in [-0.2, 0) is 11.2 Å². The molecule has 0 aromatic heterocycles. The molecule has 2 rings (SSSR count). The second-order valence-corrected chi connectivity index (χ2v) is 4.47. The van der Waals surface area contributed by atoms with Crippen molar-refractivity contribution in [1.82, 2.24) is 5.32 Å². The first-order valence-electron chi connectivity index (χ1n) is 4.95. The quantitative estimate of drug-likeness (QED) is 0.822. The van der Waals surface area contributed by atoms with Gasteiger partial charge in [0.15, 0.2) is 0 Å². The van der Waals surface area contributed by atoms with E-state index in [0.717, 1.165) is 22.6 Å². The van der Waals surface area contributed by atoms with Gasteiger partial charge < -0.3 is 10.1 Å². The molecule has 15 heavy (non-hydrogen) atoms. The highest BCUT2D eigenvalue weighted by Gasteiger charge is 2.20. The van der Waals surface area contributed by atoms with Gasteiger partial charge in [-0.15, -0.1) is 0 Å². The SMILES string of the molecule is CNC1COCCc2c(Cl)cc(Cl)cc21. The first kappa shape index (κ1) is 11.2. The molecule has 1 aromatic carbocycles. The molecule has 1 aromatic rings. The molecule has 0 saturated carbocycles. The maximum atomic E-state index is 6.17. The molecule has 4 heteroatoms. The van der Waals surface area contributed by atoms with Gasteiger partial charge in [-0.2, -0.15) is 0 Å². The van der Waals surface area contributed by atoms with Crippen molar-refractivity contribution in [3.63, 3.8) is 0 Å². The molecule has 1 aliphatic rings. The number of nitrogens with one attached hydrogen (secondary N) is 1. The fourth-order valence-electron chi connectivity index (χ4n) is 1.90. The average Bonchev–Trinajstić information content (AvgIpc) is 2.39. The van der Waals surface area contributed by atoms with Crippen LogP contribution >= 0.6 is 23.2 Å². The number of hydrogen-bond donors (Lipinski definition) is 1. The number of rotatable bonds is 1. The second kappa shape index (κ2) is 4.71. The van der Waals surface area contributed by atoms with Gasteiger partial charge in [-0.1, -0.05) is 23.2 Å².